The molecule has 0 saturated carbocycles. The molecule has 2 aromatic rings. The molecule has 1 atom stereocenters. The van der Waals surface area contributed by atoms with Crippen LogP contribution in [0.4, 0.5) is 0 Å². The first kappa shape index (κ1) is 14.4. The maximum Gasteiger partial charge on any atom is 0.1000 e. The lowest BCUT2D eigenvalue weighted by atomic mass is 10.1. The van der Waals surface area contributed by atoms with Crippen molar-refractivity contribution < 1.29 is 0 Å². The first-order valence-electron chi connectivity index (χ1n) is 6.83. The van der Waals surface area contributed by atoms with Crippen LogP contribution in [0.15, 0.2) is 35.4 Å². The SMILES string of the molecule is CC(C)CSc1nc2ccccc2cc1CC(C)N. The number of aromatic nitrogens is 1. The topological polar surface area (TPSA) is 38.9 Å². The highest BCUT2D eigenvalue weighted by molar-refractivity contribution is 7.99. The molecule has 2 N–H and O–H groups in total. The van der Waals surface area contributed by atoms with Gasteiger partial charge in [-0.1, -0.05) is 32.0 Å². The van der Waals surface area contributed by atoms with Gasteiger partial charge in [-0.05, 0) is 37.0 Å². The van der Waals surface area contributed by atoms with E-state index in [1.807, 2.05) is 24.8 Å². The van der Waals surface area contributed by atoms with E-state index in [0.29, 0.717) is 5.92 Å². The quantitative estimate of drug-likeness (QED) is 0.841. The minimum atomic E-state index is 0.168. The van der Waals surface area contributed by atoms with E-state index in [2.05, 4.69) is 38.1 Å². The summed E-state index contributed by atoms with van der Waals surface area (Å²) in [6.07, 6.45) is 0.887. The summed E-state index contributed by atoms with van der Waals surface area (Å²) >= 11 is 1.85. The van der Waals surface area contributed by atoms with Crippen LogP contribution in [-0.4, -0.2) is 16.8 Å². The molecular weight excluding hydrogens is 252 g/mol. The van der Waals surface area contributed by atoms with Crippen molar-refractivity contribution in [3.8, 4) is 0 Å². The van der Waals surface area contributed by atoms with Gasteiger partial charge in [0.2, 0.25) is 0 Å². The largest absolute Gasteiger partial charge is 0.328 e. The highest BCUT2D eigenvalue weighted by atomic mass is 32.2. The Labute approximate surface area is 119 Å². The van der Waals surface area contributed by atoms with Crippen LogP contribution in [-0.2, 0) is 6.42 Å². The molecule has 0 amide bonds. The number of hydrogen-bond acceptors (Lipinski definition) is 3. The van der Waals surface area contributed by atoms with E-state index in [4.69, 9.17) is 10.7 Å². The standard InChI is InChI=1S/C16H22N2S/c1-11(2)10-19-16-14(8-12(3)17)9-13-6-4-5-7-15(13)18-16/h4-7,9,11-12H,8,10,17H2,1-3H3. The fraction of sp³-hybridized carbons (Fsp3) is 0.438. The highest BCUT2D eigenvalue weighted by Crippen LogP contribution is 2.27. The average Bonchev–Trinajstić information content (AvgIpc) is 2.35. The van der Waals surface area contributed by atoms with Gasteiger partial charge in [0, 0.05) is 17.2 Å². The van der Waals surface area contributed by atoms with Crippen molar-refractivity contribution in [1.29, 1.82) is 0 Å². The summed E-state index contributed by atoms with van der Waals surface area (Å²) in [5, 5.41) is 2.34. The van der Waals surface area contributed by atoms with E-state index >= 15 is 0 Å². The van der Waals surface area contributed by atoms with Gasteiger partial charge < -0.3 is 5.73 Å². The van der Waals surface area contributed by atoms with Crippen molar-refractivity contribution >= 4 is 22.7 Å². The molecule has 1 aromatic heterocycles. The number of benzene rings is 1. The molecule has 0 bridgehead atoms. The first-order chi connectivity index (χ1) is 9.06. The van der Waals surface area contributed by atoms with Gasteiger partial charge in [-0.2, -0.15) is 0 Å². The molecule has 0 radical (unpaired) electrons. The molecule has 1 aromatic carbocycles. The van der Waals surface area contributed by atoms with Gasteiger partial charge in [0.25, 0.3) is 0 Å². The third-order valence-electron chi connectivity index (χ3n) is 2.86. The van der Waals surface area contributed by atoms with Gasteiger partial charge in [-0.3, -0.25) is 0 Å². The number of para-hydroxylation sites is 1. The molecular formula is C16H22N2S. The highest BCUT2D eigenvalue weighted by Gasteiger charge is 2.10. The van der Waals surface area contributed by atoms with Crippen LogP contribution in [0.25, 0.3) is 10.9 Å². The van der Waals surface area contributed by atoms with Crippen LogP contribution < -0.4 is 5.73 Å². The fourth-order valence-electron chi connectivity index (χ4n) is 2.01. The van der Waals surface area contributed by atoms with Crippen LogP contribution in [0.5, 0.6) is 0 Å². The number of pyridine rings is 1. The molecule has 1 heterocycles. The van der Waals surface area contributed by atoms with Crippen LogP contribution >= 0.6 is 11.8 Å². The van der Waals surface area contributed by atoms with Gasteiger partial charge in [0.15, 0.2) is 0 Å². The van der Waals surface area contributed by atoms with Gasteiger partial charge in [0.1, 0.15) is 0 Å². The van der Waals surface area contributed by atoms with Crippen LogP contribution in [0.3, 0.4) is 0 Å². The normalized spacial score (nSPS) is 13.1. The van der Waals surface area contributed by atoms with Crippen molar-refractivity contribution in [3.63, 3.8) is 0 Å². The summed E-state index contributed by atoms with van der Waals surface area (Å²) in [4.78, 5) is 4.81. The Kier molecular flexibility index (Phi) is 4.83. The zero-order chi connectivity index (χ0) is 13.8. The smallest absolute Gasteiger partial charge is 0.1000 e. The Balaban J connectivity index is 2.38. The van der Waals surface area contributed by atoms with Crippen molar-refractivity contribution in [2.24, 2.45) is 11.7 Å². The molecule has 1 unspecified atom stereocenters. The van der Waals surface area contributed by atoms with E-state index in [1.165, 1.54) is 10.9 Å². The fourth-order valence-corrected chi connectivity index (χ4v) is 2.99. The molecule has 0 saturated heterocycles. The Bertz CT molecular complexity index is 549. The molecule has 0 spiro atoms. The number of thioether (sulfide) groups is 1. The second-order valence-corrected chi connectivity index (χ2v) is 6.54. The molecule has 0 aliphatic carbocycles. The lowest BCUT2D eigenvalue weighted by Crippen LogP contribution is -2.18. The molecule has 0 aliphatic rings. The molecule has 0 fully saturated rings. The number of fused-ring (bicyclic) bond motifs is 1. The number of rotatable bonds is 5. The van der Waals surface area contributed by atoms with Crippen molar-refractivity contribution in [3.05, 3.63) is 35.9 Å². The summed E-state index contributed by atoms with van der Waals surface area (Å²) < 4.78 is 0. The van der Waals surface area contributed by atoms with E-state index in [9.17, 15) is 0 Å². The second-order valence-electron chi connectivity index (χ2n) is 5.53. The number of hydrogen-bond donors (Lipinski definition) is 1. The van der Waals surface area contributed by atoms with Crippen LogP contribution in [0, 0.1) is 5.92 Å². The summed E-state index contributed by atoms with van der Waals surface area (Å²) in [6, 6.07) is 10.7. The van der Waals surface area contributed by atoms with E-state index in [-0.39, 0.29) is 6.04 Å². The predicted molar refractivity (Wildman–Crippen MR) is 84.7 cm³/mol. The molecule has 3 heteroatoms. The Hall–Kier alpha value is -1.06. The zero-order valence-electron chi connectivity index (χ0n) is 11.9. The van der Waals surface area contributed by atoms with Gasteiger partial charge in [-0.25, -0.2) is 4.98 Å². The van der Waals surface area contributed by atoms with Crippen molar-refractivity contribution in [2.45, 2.75) is 38.3 Å². The lowest BCUT2D eigenvalue weighted by molar-refractivity contribution is 0.722. The minimum Gasteiger partial charge on any atom is -0.328 e. The molecule has 2 rings (SSSR count). The van der Waals surface area contributed by atoms with E-state index < -0.39 is 0 Å². The molecule has 102 valence electrons. The Morgan fingerprint density at radius 1 is 1.21 bits per heavy atom. The van der Waals surface area contributed by atoms with Crippen LogP contribution in [0.2, 0.25) is 0 Å². The second kappa shape index (κ2) is 6.40. The summed E-state index contributed by atoms with van der Waals surface area (Å²) in [5.74, 6) is 1.76. The van der Waals surface area contributed by atoms with Gasteiger partial charge in [-0.15, -0.1) is 11.8 Å². The summed E-state index contributed by atoms with van der Waals surface area (Å²) in [5.41, 5.74) is 8.30. The number of nitrogens with two attached hydrogens (primary N) is 1. The first-order valence-corrected chi connectivity index (χ1v) is 7.82. The molecule has 19 heavy (non-hydrogen) atoms. The third-order valence-corrected chi connectivity index (χ3v) is 4.32. The summed E-state index contributed by atoms with van der Waals surface area (Å²) in [7, 11) is 0. The van der Waals surface area contributed by atoms with E-state index in [1.54, 1.807) is 0 Å². The van der Waals surface area contributed by atoms with Gasteiger partial charge >= 0.3 is 0 Å². The van der Waals surface area contributed by atoms with E-state index in [0.717, 1.165) is 22.7 Å². The monoisotopic (exact) mass is 274 g/mol. The minimum absolute atomic E-state index is 0.168. The zero-order valence-corrected chi connectivity index (χ0v) is 12.7. The lowest BCUT2D eigenvalue weighted by Gasteiger charge is -2.13. The predicted octanol–water partition coefficient (Wildman–Crippen LogP) is 3.87. The van der Waals surface area contributed by atoms with Crippen molar-refractivity contribution in [1.82, 2.24) is 4.98 Å². The van der Waals surface area contributed by atoms with Crippen molar-refractivity contribution in [2.75, 3.05) is 5.75 Å². The summed E-state index contributed by atoms with van der Waals surface area (Å²) in [6.45, 7) is 6.52. The Morgan fingerprint density at radius 2 is 1.95 bits per heavy atom. The number of nitrogens with zero attached hydrogens (tertiary/aromatic N) is 1. The molecule has 0 aliphatic heterocycles. The maximum atomic E-state index is 5.96. The average molecular weight is 274 g/mol. The van der Waals surface area contributed by atoms with Gasteiger partial charge in [0.05, 0.1) is 10.5 Å². The third kappa shape index (κ3) is 3.95. The Morgan fingerprint density at radius 3 is 2.63 bits per heavy atom. The maximum absolute atomic E-state index is 5.96. The van der Waals surface area contributed by atoms with Crippen LogP contribution in [0.1, 0.15) is 26.3 Å². The molecule has 2 nitrogen and oxygen atoms in total.